The predicted molar refractivity (Wildman–Crippen MR) is 71.4 cm³/mol. The van der Waals surface area contributed by atoms with Gasteiger partial charge in [-0.05, 0) is 60.3 Å². The quantitative estimate of drug-likeness (QED) is 0.682. The number of nitrogens with one attached hydrogen (secondary N) is 1. The van der Waals surface area contributed by atoms with Crippen LogP contribution < -0.4 is 5.32 Å². The molecule has 1 aliphatic rings. The molecular weight excluding hydrogens is 198 g/mol. The highest BCUT2D eigenvalue weighted by atomic mass is 15.1. The van der Waals surface area contributed by atoms with E-state index in [1.54, 1.807) is 0 Å². The lowest BCUT2D eigenvalue weighted by Crippen LogP contribution is -2.42. The minimum Gasteiger partial charge on any atom is -0.311 e. The normalized spacial score (nSPS) is 25.4. The number of hydrogen-bond donors (Lipinski definition) is 1. The van der Waals surface area contributed by atoms with Crippen molar-refractivity contribution < 1.29 is 0 Å². The van der Waals surface area contributed by atoms with Gasteiger partial charge in [0.15, 0.2) is 0 Å². The van der Waals surface area contributed by atoms with Crippen LogP contribution >= 0.6 is 0 Å². The van der Waals surface area contributed by atoms with Crippen LogP contribution in [0.1, 0.15) is 40.0 Å². The monoisotopic (exact) mass is 225 g/mol. The Hall–Kier alpha value is -0.410. The third-order valence-electron chi connectivity index (χ3n) is 3.10. The molecule has 1 aliphatic heterocycles. The molecule has 0 amide bonds. The van der Waals surface area contributed by atoms with Crippen molar-refractivity contribution in [1.29, 1.82) is 0 Å². The molecule has 0 aliphatic carbocycles. The van der Waals surface area contributed by atoms with E-state index in [1.165, 1.54) is 31.6 Å². The summed E-state index contributed by atoms with van der Waals surface area (Å²) in [6, 6.07) is 0. The Balaban J connectivity index is 2.54. The van der Waals surface area contributed by atoms with Gasteiger partial charge < -0.3 is 10.2 Å². The number of rotatable bonds is 0. The Morgan fingerprint density at radius 3 is 2.69 bits per heavy atom. The van der Waals surface area contributed by atoms with Gasteiger partial charge >= 0.3 is 0 Å². The van der Waals surface area contributed by atoms with Gasteiger partial charge in [0.25, 0.3) is 0 Å². The fourth-order valence-corrected chi connectivity index (χ4v) is 2.26. The van der Waals surface area contributed by atoms with E-state index in [1.807, 2.05) is 0 Å². The van der Waals surface area contributed by atoms with Gasteiger partial charge in [0, 0.05) is 24.2 Å². The molecule has 3 heteroatoms. The van der Waals surface area contributed by atoms with Crippen LogP contribution in [-0.4, -0.2) is 49.4 Å². The number of aliphatic imine (C=N–C) groups is 1. The summed E-state index contributed by atoms with van der Waals surface area (Å²) in [5.41, 5.74) is 1.46. The molecule has 0 saturated heterocycles. The zero-order chi connectivity index (χ0) is 12.0. The van der Waals surface area contributed by atoms with E-state index in [0.717, 1.165) is 19.5 Å². The van der Waals surface area contributed by atoms with Crippen LogP contribution in [-0.2, 0) is 0 Å². The molecule has 0 atom stereocenters. The van der Waals surface area contributed by atoms with E-state index in [-0.39, 0.29) is 5.54 Å². The molecule has 1 rings (SSSR count). The Kier molecular flexibility index (Phi) is 5.42. The van der Waals surface area contributed by atoms with Gasteiger partial charge in [0.05, 0.1) is 0 Å². The van der Waals surface area contributed by atoms with Gasteiger partial charge in [-0.25, -0.2) is 0 Å². The van der Waals surface area contributed by atoms with Crippen molar-refractivity contribution >= 4 is 5.71 Å². The molecule has 0 aromatic rings. The molecule has 94 valence electrons. The van der Waals surface area contributed by atoms with Gasteiger partial charge in [-0.3, -0.25) is 4.99 Å². The first kappa shape index (κ1) is 13.7. The SMILES string of the molecule is CC1=NCCCN(C)CCCNC(C)(C)C1. The zero-order valence-corrected chi connectivity index (χ0v) is 11.3. The second-order valence-electron chi connectivity index (χ2n) is 5.61. The Morgan fingerprint density at radius 1 is 1.25 bits per heavy atom. The summed E-state index contributed by atoms with van der Waals surface area (Å²) in [6.45, 7) is 11.1. The molecular formula is C13H27N3. The standard InChI is InChI=1S/C13H27N3/c1-12-11-13(2,3)15-8-6-10-16(4)9-5-7-14-12/h15H,5-11H2,1-4H3. The first-order valence-corrected chi connectivity index (χ1v) is 6.43. The third-order valence-corrected chi connectivity index (χ3v) is 3.10. The van der Waals surface area contributed by atoms with Crippen LogP contribution in [0, 0.1) is 0 Å². The molecule has 0 spiro atoms. The van der Waals surface area contributed by atoms with E-state index in [9.17, 15) is 0 Å². The van der Waals surface area contributed by atoms with E-state index in [0.29, 0.717) is 0 Å². The van der Waals surface area contributed by atoms with Crippen LogP contribution in [0.5, 0.6) is 0 Å². The Labute approximate surface area is 100 Å². The van der Waals surface area contributed by atoms with Gasteiger partial charge in [-0.2, -0.15) is 0 Å². The van der Waals surface area contributed by atoms with Crippen LogP contribution in [0.2, 0.25) is 0 Å². The van der Waals surface area contributed by atoms with Gasteiger partial charge in [0.1, 0.15) is 0 Å². The minimum atomic E-state index is 0.186. The molecule has 0 saturated carbocycles. The van der Waals surface area contributed by atoms with E-state index in [4.69, 9.17) is 0 Å². The van der Waals surface area contributed by atoms with Crippen LogP contribution in [0.3, 0.4) is 0 Å². The smallest absolute Gasteiger partial charge is 0.0400 e. The average molecular weight is 225 g/mol. The minimum absolute atomic E-state index is 0.186. The largest absolute Gasteiger partial charge is 0.311 e. The second-order valence-corrected chi connectivity index (χ2v) is 5.61. The van der Waals surface area contributed by atoms with Crippen LogP contribution in [0.25, 0.3) is 0 Å². The summed E-state index contributed by atoms with van der Waals surface area (Å²) in [5, 5.41) is 3.62. The second kappa shape index (κ2) is 6.36. The molecule has 16 heavy (non-hydrogen) atoms. The molecule has 1 heterocycles. The van der Waals surface area contributed by atoms with Crippen molar-refractivity contribution in [2.24, 2.45) is 4.99 Å². The van der Waals surface area contributed by atoms with Crippen molar-refractivity contribution in [2.45, 2.75) is 45.6 Å². The van der Waals surface area contributed by atoms with Crippen LogP contribution in [0.15, 0.2) is 4.99 Å². The molecule has 1 N–H and O–H groups in total. The summed E-state index contributed by atoms with van der Waals surface area (Å²) < 4.78 is 0. The molecule has 0 aromatic carbocycles. The molecule has 3 nitrogen and oxygen atoms in total. The van der Waals surface area contributed by atoms with Gasteiger partial charge in [-0.1, -0.05) is 0 Å². The van der Waals surface area contributed by atoms with Crippen molar-refractivity contribution in [2.75, 3.05) is 33.2 Å². The van der Waals surface area contributed by atoms with E-state index < -0.39 is 0 Å². The summed E-state index contributed by atoms with van der Waals surface area (Å²) in [6.07, 6.45) is 3.47. The maximum atomic E-state index is 4.64. The van der Waals surface area contributed by atoms with Gasteiger partial charge in [-0.15, -0.1) is 0 Å². The Bertz CT molecular complexity index is 233. The first-order valence-electron chi connectivity index (χ1n) is 6.43. The average Bonchev–Trinajstić information content (AvgIpc) is 2.17. The highest BCUT2D eigenvalue weighted by Gasteiger charge is 2.17. The van der Waals surface area contributed by atoms with Gasteiger partial charge in [0.2, 0.25) is 0 Å². The van der Waals surface area contributed by atoms with Crippen LogP contribution in [0.4, 0.5) is 0 Å². The summed E-state index contributed by atoms with van der Waals surface area (Å²) in [5.74, 6) is 0. The van der Waals surface area contributed by atoms with Crippen molar-refractivity contribution in [3.05, 3.63) is 0 Å². The summed E-state index contributed by atoms with van der Waals surface area (Å²) >= 11 is 0. The third kappa shape index (κ3) is 5.61. The topological polar surface area (TPSA) is 27.6 Å². The highest BCUT2D eigenvalue weighted by molar-refractivity contribution is 5.82. The number of hydrogen-bond acceptors (Lipinski definition) is 3. The molecule has 0 fully saturated rings. The lowest BCUT2D eigenvalue weighted by Gasteiger charge is -2.27. The maximum absolute atomic E-state index is 4.64. The molecule has 0 aromatic heterocycles. The lowest BCUT2D eigenvalue weighted by atomic mass is 9.97. The maximum Gasteiger partial charge on any atom is 0.0400 e. The molecule has 0 bridgehead atoms. The molecule has 0 unspecified atom stereocenters. The lowest BCUT2D eigenvalue weighted by molar-refractivity contribution is 0.309. The van der Waals surface area contributed by atoms with Crippen molar-refractivity contribution in [3.63, 3.8) is 0 Å². The van der Waals surface area contributed by atoms with Crippen molar-refractivity contribution in [3.8, 4) is 0 Å². The zero-order valence-electron chi connectivity index (χ0n) is 11.3. The fourth-order valence-electron chi connectivity index (χ4n) is 2.26. The summed E-state index contributed by atoms with van der Waals surface area (Å²) in [7, 11) is 2.20. The Morgan fingerprint density at radius 2 is 1.94 bits per heavy atom. The highest BCUT2D eigenvalue weighted by Crippen LogP contribution is 2.10. The predicted octanol–water partition coefficient (Wildman–Crippen LogP) is 1.93. The fraction of sp³-hybridized carbons (Fsp3) is 0.923. The van der Waals surface area contributed by atoms with E-state index in [2.05, 4.69) is 43.0 Å². The van der Waals surface area contributed by atoms with Crippen molar-refractivity contribution in [1.82, 2.24) is 10.2 Å². The first-order chi connectivity index (χ1) is 7.49. The summed E-state index contributed by atoms with van der Waals surface area (Å²) in [4.78, 5) is 7.04. The van der Waals surface area contributed by atoms with E-state index >= 15 is 0 Å². The number of nitrogens with zero attached hydrogens (tertiary/aromatic N) is 2. The molecule has 0 radical (unpaired) electrons.